The molecule has 0 saturated heterocycles. The van der Waals surface area contributed by atoms with Gasteiger partial charge in [-0.2, -0.15) is 0 Å². The number of para-hydroxylation sites is 1. The van der Waals surface area contributed by atoms with E-state index in [1.807, 2.05) is 26.8 Å². The molecular formula is C23H31N5O4S. The van der Waals surface area contributed by atoms with E-state index < -0.39 is 11.1 Å². The molecule has 0 bridgehead atoms. The molecule has 0 aliphatic heterocycles. The second kappa shape index (κ2) is 9.40. The number of anilines is 2. The molecule has 1 aromatic carbocycles. The Hall–Kier alpha value is -3.11. The maximum absolute atomic E-state index is 12.3. The van der Waals surface area contributed by atoms with Crippen molar-refractivity contribution in [2.24, 2.45) is 10.4 Å². The Morgan fingerprint density at radius 3 is 2.61 bits per heavy atom. The zero-order valence-corrected chi connectivity index (χ0v) is 20.8. The van der Waals surface area contributed by atoms with Gasteiger partial charge in [-0.15, -0.1) is 4.37 Å². The molecule has 1 amide bonds. The van der Waals surface area contributed by atoms with Gasteiger partial charge in [-0.25, -0.2) is 4.99 Å². The van der Waals surface area contributed by atoms with E-state index in [1.54, 1.807) is 32.5 Å². The molecule has 3 N–H and O–H groups in total. The zero-order valence-electron chi connectivity index (χ0n) is 20.0. The van der Waals surface area contributed by atoms with Crippen molar-refractivity contribution in [2.75, 3.05) is 19.4 Å². The Balaban J connectivity index is 2.05. The number of nitrogens with one attached hydrogen (secondary N) is 2. The summed E-state index contributed by atoms with van der Waals surface area (Å²) in [6, 6.07) is 6.38. The van der Waals surface area contributed by atoms with Crippen LogP contribution in [0.3, 0.4) is 0 Å². The quantitative estimate of drug-likeness (QED) is 0.352. The van der Waals surface area contributed by atoms with Gasteiger partial charge in [0.2, 0.25) is 11.3 Å². The van der Waals surface area contributed by atoms with E-state index in [0.29, 0.717) is 11.7 Å². The van der Waals surface area contributed by atoms with Crippen molar-refractivity contribution in [2.45, 2.75) is 46.6 Å². The summed E-state index contributed by atoms with van der Waals surface area (Å²) >= 11 is -1.73. The van der Waals surface area contributed by atoms with Crippen LogP contribution < -0.4 is 10.8 Å². The fourth-order valence-electron chi connectivity index (χ4n) is 3.26. The number of benzene rings is 1. The third kappa shape index (κ3) is 5.45. The molecule has 0 aliphatic rings. The lowest BCUT2D eigenvalue weighted by Crippen LogP contribution is -2.22. The molecule has 3 aromatic rings. The van der Waals surface area contributed by atoms with Crippen LogP contribution in [-0.4, -0.2) is 43.3 Å². The van der Waals surface area contributed by atoms with Gasteiger partial charge in [-0.1, -0.05) is 40.7 Å². The van der Waals surface area contributed by atoms with Crippen molar-refractivity contribution in [3.63, 3.8) is 0 Å². The van der Waals surface area contributed by atoms with Crippen molar-refractivity contribution in [3.8, 4) is 5.75 Å². The number of aromatic nitrogens is 2. The van der Waals surface area contributed by atoms with E-state index in [1.165, 1.54) is 11.0 Å². The Morgan fingerprint density at radius 2 is 2.03 bits per heavy atom. The number of carbonyl (C=O) groups is 1. The Morgan fingerprint density at radius 1 is 1.33 bits per heavy atom. The molecule has 2 heterocycles. The second-order valence-corrected chi connectivity index (χ2v) is 10.4. The number of rotatable bonds is 6. The highest BCUT2D eigenvalue weighted by Crippen LogP contribution is 2.38. The van der Waals surface area contributed by atoms with Crippen molar-refractivity contribution >= 4 is 28.6 Å². The topological polar surface area (TPSA) is 130 Å². The minimum Gasteiger partial charge on any atom is -0.548 e. The van der Waals surface area contributed by atoms with Gasteiger partial charge in [0.05, 0.1) is 17.5 Å². The number of phenolic OH excluding ortho intramolecular Hbond substituents is 1. The van der Waals surface area contributed by atoms with Gasteiger partial charge < -0.3 is 24.3 Å². The fourth-order valence-corrected chi connectivity index (χ4v) is 3.92. The van der Waals surface area contributed by atoms with Crippen molar-refractivity contribution in [1.82, 2.24) is 13.6 Å². The van der Waals surface area contributed by atoms with E-state index in [4.69, 9.17) is 9.41 Å². The van der Waals surface area contributed by atoms with E-state index in [0.717, 1.165) is 5.56 Å². The number of carbonyl (C=O) groups excluding carboxylic acids is 1. The molecule has 0 radical (unpaired) electrons. The van der Waals surface area contributed by atoms with Crippen molar-refractivity contribution in [3.05, 3.63) is 52.9 Å². The molecular weight excluding hydrogens is 442 g/mol. The average molecular weight is 474 g/mol. The minimum absolute atomic E-state index is 0.139. The lowest BCUT2D eigenvalue weighted by molar-refractivity contribution is 0.0824. The molecule has 178 valence electrons. The van der Waals surface area contributed by atoms with Crippen LogP contribution in [0.15, 0.2) is 39.9 Å². The van der Waals surface area contributed by atoms with Crippen LogP contribution in [0.2, 0.25) is 0 Å². The van der Waals surface area contributed by atoms with Crippen LogP contribution >= 0.6 is 11.1 Å². The number of amides is 1. The second-order valence-electron chi connectivity index (χ2n) is 9.50. The number of furan rings is 1. The van der Waals surface area contributed by atoms with Crippen molar-refractivity contribution < 1.29 is 18.9 Å². The normalized spacial score (nSPS) is 14.0. The first-order valence-electron chi connectivity index (χ1n) is 10.6. The van der Waals surface area contributed by atoms with Crippen LogP contribution in [0.25, 0.3) is 0 Å². The van der Waals surface area contributed by atoms with Crippen molar-refractivity contribution in [1.29, 1.82) is 0 Å². The summed E-state index contributed by atoms with van der Waals surface area (Å²) in [5, 5.41) is 13.6. The van der Waals surface area contributed by atoms with Gasteiger partial charge in [0.1, 0.15) is 11.8 Å². The zero-order chi connectivity index (χ0) is 24.5. The average Bonchev–Trinajstić information content (AvgIpc) is 3.33. The predicted octanol–water partition coefficient (Wildman–Crippen LogP) is 4.69. The third-order valence-electron chi connectivity index (χ3n) is 5.16. The molecule has 9 nitrogen and oxygen atoms in total. The first-order valence-corrected chi connectivity index (χ1v) is 11.7. The van der Waals surface area contributed by atoms with Crippen LogP contribution in [0, 0.1) is 5.41 Å². The Kier molecular flexibility index (Phi) is 6.99. The molecule has 0 spiro atoms. The minimum atomic E-state index is -1.73. The number of aromatic hydroxyl groups is 1. The highest BCUT2D eigenvalue weighted by atomic mass is 32.2. The number of H-pyrrole nitrogens is 1. The third-order valence-corrected chi connectivity index (χ3v) is 5.88. The van der Waals surface area contributed by atoms with Gasteiger partial charge in [-0.3, -0.25) is 4.79 Å². The molecule has 0 saturated carbocycles. The number of aromatic amines is 1. The van der Waals surface area contributed by atoms with E-state index in [2.05, 4.69) is 27.9 Å². The highest BCUT2D eigenvalue weighted by Gasteiger charge is 2.30. The monoisotopic (exact) mass is 473 g/mol. The predicted molar refractivity (Wildman–Crippen MR) is 127 cm³/mol. The highest BCUT2D eigenvalue weighted by molar-refractivity contribution is 7.13. The van der Waals surface area contributed by atoms with Gasteiger partial charge in [0.25, 0.3) is 5.91 Å². The van der Waals surface area contributed by atoms with Gasteiger partial charge in [-0.05, 0) is 35.1 Å². The number of hydrogen-bond acceptors (Lipinski definition) is 7. The Bertz CT molecular complexity index is 1200. The maximum Gasteiger partial charge on any atom is 0.257 e. The molecule has 1 unspecified atom stereocenters. The maximum atomic E-state index is 12.3. The van der Waals surface area contributed by atoms with Crippen LogP contribution in [0.5, 0.6) is 5.75 Å². The number of hydrogen-bond donors (Lipinski definition) is 3. The largest absolute Gasteiger partial charge is 0.548 e. The first kappa shape index (κ1) is 24.5. The van der Waals surface area contributed by atoms with E-state index in [-0.39, 0.29) is 45.7 Å². The molecule has 3 rings (SSSR count). The smallest absolute Gasteiger partial charge is 0.257 e. The standard InChI is InChI=1S/C23H31N5O4S/c1-13(2)14-11-17(32-12-14)19(23(3,4)5)25-21-20(26-33(31)27-21)24-16-10-8-9-15(18(16)29)22(30)28(6)7/h8-13,19,29H,1-7H3,(H,24,26)(H,25,27)/t19-,33?/m0/s1. The van der Waals surface area contributed by atoms with E-state index >= 15 is 0 Å². The molecule has 0 aliphatic carbocycles. The van der Waals surface area contributed by atoms with Gasteiger partial charge in [0.15, 0.2) is 16.9 Å². The van der Waals surface area contributed by atoms with Crippen LogP contribution in [-0.2, 0) is 0 Å². The molecule has 2 atom stereocenters. The number of nitrogens with zero attached hydrogens (tertiary/aromatic N) is 3. The van der Waals surface area contributed by atoms with Crippen LogP contribution in [0.4, 0.5) is 11.5 Å². The Labute approximate surface area is 196 Å². The van der Waals surface area contributed by atoms with E-state index in [9.17, 15) is 14.5 Å². The SMILES string of the molecule is CC(C)c1coc([C@H](N=c2[nH][s+]([O-])nc2Nc2cccc(C(=O)N(C)C)c2O)C(C)(C)C)c1. The fraction of sp³-hybridized carbons (Fsp3) is 0.435. The summed E-state index contributed by atoms with van der Waals surface area (Å²) in [6.07, 6.45) is 1.73. The molecule has 10 heteroatoms. The lowest BCUT2D eigenvalue weighted by Gasteiger charge is -2.25. The van der Waals surface area contributed by atoms with Gasteiger partial charge >= 0.3 is 0 Å². The first-order chi connectivity index (χ1) is 15.4. The van der Waals surface area contributed by atoms with Crippen LogP contribution in [0.1, 0.15) is 68.3 Å². The number of phenols is 1. The molecule has 2 aromatic heterocycles. The lowest BCUT2D eigenvalue weighted by atomic mass is 9.85. The summed E-state index contributed by atoms with van der Waals surface area (Å²) in [4.78, 5) is 18.5. The van der Waals surface area contributed by atoms with Gasteiger partial charge in [0, 0.05) is 18.5 Å². The summed E-state index contributed by atoms with van der Waals surface area (Å²) in [6.45, 7) is 10.3. The summed E-state index contributed by atoms with van der Waals surface area (Å²) in [7, 11) is 3.21. The summed E-state index contributed by atoms with van der Waals surface area (Å²) in [5.74, 6) is 0.635. The summed E-state index contributed by atoms with van der Waals surface area (Å²) in [5.41, 5.74) is 1.43. The molecule has 33 heavy (non-hydrogen) atoms. The summed E-state index contributed by atoms with van der Waals surface area (Å²) < 4.78 is 24.9. The molecule has 0 fully saturated rings.